The molecule has 4 heteroatoms. The molecule has 0 spiro atoms. The van der Waals surface area contributed by atoms with Crippen LogP contribution in [0.4, 0.5) is 10.1 Å². The van der Waals surface area contributed by atoms with Gasteiger partial charge in [0.15, 0.2) is 0 Å². The van der Waals surface area contributed by atoms with Gasteiger partial charge in [-0.25, -0.2) is 4.39 Å². The predicted octanol–water partition coefficient (Wildman–Crippen LogP) is 3.20. The third-order valence-electron chi connectivity index (χ3n) is 4.75. The lowest BCUT2D eigenvalue weighted by Crippen LogP contribution is -2.49. The zero-order valence-electron chi connectivity index (χ0n) is 11.6. The van der Waals surface area contributed by atoms with Crippen molar-refractivity contribution >= 4 is 11.6 Å². The zero-order chi connectivity index (χ0) is 14.1. The summed E-state index contributed by atoms with van der Waals surface area (Å²) in [4.78, 5) is 14.7. The number of hydrogen-bond donors (Lipinski definition) is 1. The first-order valence-electron chi connectivity index (χ1n) is 7.53. The van der Waals surface area contributed by atoms with E-state index in [1.807, 2.05) is 4.90 Å². The SMILES string of the molecule is Nc1cc(F)ccc1C(=O)N1CCCC2CCCCC21. The highest BCUT2D eigenvalue weighted by molar-refractivity contribution is 5.99. The number of hydrogen-bond acceptors (Lipinski definition) is 2. The second-order valence-corrected chi connectivity index (χ2v) is 5.98. The minimum atomic E-state index is -0.395. The number of nitrogens with two attached hydrogens (primary N) is 1. The molecule has 2 N–H and O–H groups in total. The number of amides is 1. The van der Waals surface area contributed by atoms with Crippen molar-refractivity contribution in [3.05, 3.63) is 29.6 Å². The Morgan fingerprint density at radius 3 is 2.75 bits per heavy atom. The van der Waals surface area contributed by atoms with Crippen molar-refractivity contribution < 1.29 is 9.18 Å². The molecular weight excluding hydrogens is 255 g/mol. The van der Waals surface area contributed by atoms with E-state index in [0.717, 1.165) is 19.4 Å². The maximum absolute atomic E-state index is 13.1. The quantitative estimate of drug-likeness (QED) is 0.801. The summed E-state index contributed by atoms with van der Waals surface area (Å²) in [5, 5.41) is 0. The molecule has 0 radical (unpaired) electrons. The molecule has 1 heterocycles. The molecule has 3 rings (SSSR count). The molecule has 0 bridgehead atoms. The van der Waals surface area contributed by atoms with Crippen LogP contribution in [0, 0.1) is 11.7 Å². The fourth-order valence-electron chi connectivity index (χ4n) is 3.76. The van der Waals surface area contributed by atoms with Gasteiger partial charge in [0.05, 0.1) is 5.56 Å². The van der Waals surface area contributed by atoms with E-state index in [4.69, 9.17) is 5.73 Å². The van der Waals surface area contributed by atoms with Crippen LogP contribution in [0.15, 0.2) is 18.2 Å². The Kier molecular flexibility index (Phi) is 3.64. The van der Waals surface area contributed by atoms with Gasteiger partial charge in [0, 0.05) is 18.3 Å². The maximum Gasteiger partial charge on any atom is 0.256 e. The molecule has 108 valence electrons. The number of carbonyl (C=O) groups excluding carboxylic acids is 1. The summed E-state index contributed by atoms with van der Waals surface area (Å²) in [6, 6.07) is 4.41. The highest BCUT2D eigenvalue weighted by atomic mass is 19.1. The minimum absolute atomic E-state index is 0.0286. The van der Waals surface area contributed by atoms with Gasteiger partial charge in [-0.15, -0.1) is 0 Å². The largest absolute Gasteiger partial charge is 0.398 e. The number of nitrogen functional groups attached to an aromatic ring is 1. The van der Waals surface area contributed by atoms with Gasteiger partial charge in [-0.1, -0.05) is 12.8 Å². The van der Waals surface area contributed by atoms with Crippen molar-refractivity contribution in [2.45, 2.75) is 44.6 Å². The predicted molar refractivity (Wildman–Crippen MR) is 76.8 cm³/mol. The van der Waals surface area contributed by atoms with Crippen molar-refractivity contribution in [1.82, 2.24) is 4.90 Å². The lowest BCUT2D eigenvalue weighted by molar-refractivity contribution is 0.0391. The number of likely N-dealkylation sites (tertiary alicyclic amines) is 1. The van der Waals surface area contributed by atoms with Crippen LogP contribution >= 0.6 is 0 Å². The molecule has 1 amide bonds. The Bertz CT molecular complexity index is 515. The summed E-state index contributed by atoms with van der Waals surface area (Å²) in [7, 11) is 0. The highest BCUT2D eigenvalue weighted by Crippen LogP contribution is 2.36. The molecule has 1 aromatic rings. The van der Waals surface area contributed by atoms with Gasteiger partial charge in [-0.2, -0.15) is 0 Å². The summed E-state index contributed by atoms with van der Waals surface area (Å²) in [6.45, 7) is 0.802. The fraction of sp³-hybridized carbons (Fsp3) is 0.562. The number of carbonyl (C=O) groups is 1. The number of fused-ring (bicyclic) bond motifs is 1. The number of halogens is 1. The Morgan fingerprint density at radius 1 is 1.20 bits per heavy atom. The Morgan fingerprint density at radius 2 is 1.95 bits per heavy atom. The van der Waals surface area contributed by atoms with Gasteiger partial charge < -0.3 is 10.6 Å². The van der Waals surface area contributed by atoms with Crippen LogP contribution in [-0.4, -0.2) is 23.4 Å². The average molecular weight is 276 g/mol. The molecule has 1 saturated heterocycles. The van der Waals surface area contributed by atoms with Gasteiger partial charge in [-0.3, -0.25) is 4.79 Å². The third kappa shape index (κ3) is 2.39. The zero-order valence-corrected chi connectivity index (χ0v) is 11.6. The molecule has 1 aliphatic carbocycles. The summed E-state index contributed by atoms with van der Waals surface area (Å²) in [6.07, 6.45) is 7.10. The van der Waals surface area contributed by atoms with Crippen LogP contribution in [0.25, 0.3) is 0 Å². The second kappa shape index (κ2) is 5.43. The normalized spacial score (nSPS) is 26.1. The first-order valence-corrected chi connectivity index (χ1v) is 7.53. The molecule has 1 aromatic carbocycles. The smallest absolute Gasteiger partial charge is 0.256 e. The van der Waals surface area contributed by atoms with Crippen LogP contribution < -0.4 is 5.73 Å². The van der Waals surface area contributed by atoms with Crippen LogP contribution in [0.5, 0.6) is 0 Å². The lowest BCUT2D eigenvalue weighted by atomic mass is 9.78. The highest BCUT2D eigenvalue weighted by Gasteiger charge is 2.36. The van der Waals surface area contributed by atoms with Gasteiger partial charge in [0.2, 0.25) is 0 Å². The van der Waals surface area contributed by atoms with Gasteiger partial charge >= 0.3 is 0 Å². The van der Waals surface area contributed by atoms with Gasteiger partial charge in [0.25, 0.3) is 5.91 Å². The van der Waals surface area contributed by atoms with E-state index in [-0.39, 0.29) is 11.6 Å². The molecule has 2 unspecified atom stereocenters. The molecule has 2 atom stereocenters. The fourth-order valence-corrected chi connectivity index (χ4v) is 3.76. The number of nitrogens with zero attached hydrogens (tertiary/aromatic N) is 1. The van der Waals surface area contributed by atoms with E-state index in [9.17, 15) is 9.18 Å². The molecule has 0 aromatic heterocycles. The minimum Gasteiger partial charge on any atom is -0.398 e. The Labute approximate surface area is 118 Å². The van der Waals surface area contributed by atoms with E-state index >= 15 is 0 Å². The monoisotopic (exact) mass is 276 g/mol. The Hall–Kier alpha value is -1.58. The maximum atomic E-state index is 13.1. The number of benzene rings is 1. The molecule has 3 nitrogen and oxygen atoms in total. The second-order valence-electron chi connectivity index (χ2n) is 5.98. The van der Waals surface area contributed by atoms with Crippen molar-refractivity contribution in [3.63, 3.8) is 0 Å². The molecule has 1 saturated carbocycles. The summed E-state index contributed by atoms with van der Waals surface area (Å²) in [5.74, 6) is 0.218. The molecule has 2 aliphatic rings. The van der Waals surface area contributed by atoms with Crippen molar-refractivity contribution in [2.24, 2.45) is 5.92 Å². The van der Waals surface area contributed by atoms with Crippen molar-refractivity contribution in [1.29, 1.82) is 0 Å². The van der Waals surface area contributed by atoms with Gasteiger partial charge in [-0.05, 0) is 49.8 Å². The van der Waals surface area contributed by atoms with Crippen molar-refractivity contribution in [2.75, 3.05) is 12.3 Å². The van der Waals surface area contributed by atoms with E-state index < -0.39 is 5.82 Å². The van der Waals surface area contributed by atoms with E-state index in [0.29, 0.717) is 17.5 Å². The lowest BCUT2D eigenvalue weighted by Gasteiger charge is -2.44. The summed E-state index contributed by atoms with van der Waals surface area (Å²) < 4.78 is 13.1. The molecular formula is C16H21FN2O. The van der Waals surface area contributed by atoms with Gasteiger partial charge in [0.1, 0.15) is 5.82 Å². The summed E-state index contributed by atoms with van der Waals surface area (Å²) >= 11 is 0. The standard InChI is InChI=1S/C16H21FN2O/c17-12-7-8-13(14(18)10-12)16(20)19-9-3-5-11-4-1-2-6-15(11)19/h7-8,10-11,15H,1-6,9,18H2. The molecule has 2 fully saturated rings. The number of rotatable bonds is 1. The van der Waals surface area contributed by atoms with Crippen molar-refractivity contribution in [3.8, 4) is 0 Å². The molecule has 1 aliphatic heterocycles. The first-order chi connectivity index (χ1) is 9.66. The number of piperidine rings is 1. The van der Waals surface area contributed by atoms with E-state index in [1.165, 1.54) is 43.9 Å². The third-order valence-corrected chi connectivity index (χ3v) is 4.75. The van der Waals surface area contributed by atoms with Crippen LogP contribution in [0.3, 0.4) is 0 Å². The number of anilines is 1. The topological polar surface area (TPSA) is 46.3 Å². The van der Waals surface area contributed by atoms with Crippen LogP contribution in [0.1, 0.15) is 48.9 Å². The van der Waals surface area contributed by atoms with Crippen LogP contribution in [0.2, 0.25) is 0 Å². The van der Waals surface area contributed by atoms with Crippen LogP contribution in [-0.2, 0) is 0 Å². The molecule has 20 heavy (non-hydrogen) atoms. The first kappa shape index (κ1) is 13.4. The van der Waals surface area contributed by atoms with E-state index in [1.54, 1.807) is 0 Å². The average Bonchev–Trinajstić information content (AvgIpc) is 2.46. The Balaban J connectivity index is 1.85. The van der Waals surface area contributed by atoms with E-state index in [2.05, 4.69) is 0 Å². The summed E-state index contributed by atoms with van der Waals surface area (Å²) in [5.41, 5.74) is 6.50.